The predicted octanol–water partition coefficient (Wildman–Crippen LogP) is 4.00. The highest BCUT2D eigenvalue weighted by atomic mass is 32.2. The Hall–Kier alpha value is -2.91. The Morgan fingerprint density at radius 1 is 1.08 bits per heavy atom. The van der Waals surface area contributed by atoms with E-state index in [1.54, 1.807) is 30.5 Å². The fourth-order valence-electron chi connectivity index (χ4n) is 2.80. The van der Waals surface area contributed by atoms with E-state index in [9.17, 15) is 13.7 Å². The first kappa shape index (κ1) is 17.9. The van der Waals surface area contributed by atoms with Crippen molar-refractivity contribution in [3.05, 3.63) is 54.2 Å². The highest BCUT2D eigenvalue weighted by Crippen LogP contribution is 2.30. The summed E-state index contributed by atoms with van der Waals surface area (Å²) in [6.45, 7) is 4.04. The summed E-state index contributed by atoms with van der Waals surface area (Å²) in [6, 6.07) is 15.0. The van der Waals surface area contributed by atoms with Crippen LogP contribution in [-0.2, 0) is 9.84 Å². The molecular weight excluding hydrogens is 346 g/mol. The lowest BCUT2D eigenvalue weighted by Crippen LogP contribution is -2.11. The van der Waals surface area contributed by atoms with Gasteiger partial charge in [-0.05, 0) is 43.2 Å². The summed E-state index contributed by atoms with van der Waals surface area (Å²) in [4.78, 5) is 4.70. The molecule has 0 spiro atoms. The minimum atomic E-state index is -3.21. The Bertz CT molecular complexity index is 1110. The van der Waals surface area contributed by atoms with E-state index in [1.165, 1.54) is 6.26 Å². The number of anilines is 1. The van der Waals surface area contributed by atoms with Crippen molar-refractivity contribution in [3.63, 3.8) is 0 Å². The van der Waals surface area contributed by atoms with Crippen molar-refractivity contribution in [2.75, 3.05) is 11.6 Å². The van der Waals surface area contributed by atoms with Crippen molar-refractivity contribution in [2.24, 2.45) is 0 Å². The van der Waals surface area contributed by atoms with E-state index in [1.807, 2.05) is 32.0 Å². The van der Waals surface area contributed by atoms with Crippen molar-refractivity contribution in [1.29, 1.82) is 5.26 Å². The molecule has 0 unspecified atom stereocenters. The average Bonchev–Trinajstić information content (AvgIpc) is 2.60. The number of pyridine rings is 1. The summed E-state index contributed by atoms with van der Waals surface area (Å²) in [7, 11) is -3.21. The standard InChI is InChI=1S/C20H19N3O2S/c1-13(2)23-20-16(11-21)12-22-19-10-15(6-9-18(19)20)14-4-7-17(8-5-14)26(3,24)25/h4-10,12-13H,1-3H3,(H,22,23). The number of fused-ring (bicyclic) bond motifs is 1. The second kappa shape index (κ2) is 6.77. The summed E-state index contributed by atoms with van der Waals surface area (Å²) in [5.41, 5.74) is 3.91. The normalized spacial score (nSPS) is 11.5. The number of hydrogen-bond donors (Lipinski definition) is 1. The Morgan fingerprint density at radius 2 is 1.73 bits per heavy atom. The van der Waals surface area contributed by atoms with E-state index in [-0.39, 0.29) is 6.04 Å². The van der Waals surface area contributed by atoms with Gasteiger partial charge in [0.05, 0.1) is 21.7 Å². The van der Waals surface area contributed by atoms with Gasteiger partial charge in [0.25, 0.3) is 0 Å². The topological polar surface area (TPSA) is 82.8 Å². The van der Waals surface area contributed by atoms with Gasteiger partial charge in [0, 0.05) is 23.9 Å². The van der Waals surface area contributed by atoms with Gasteiger partial charge in [0.15, 0.2) is 9.84 Å². The lowest BCUT2D eigenvalue weighted by atomic mass is 10.0. The van der Waals surface area contributed by atoms with Gasteiger partial charge in [-0.15, -0.1) is 0 Å². The minimum absolute atomic E-state index is 0.191. The van der Waals surface area contributed by atoms with Crippen LogP contribution in [0.4, 0.5) is 5.69 Å². The fourth-order valence-corrected chi connectivity index (χ4v) is 3.43. The van der Waals surface area contributed by atoms with Crippen LogP contribution in [0.2, 0.25) is 0 Å². The first-order valence-corrected chi connectivity index (χ1v) is 10.1. The van der Waals surface area contributed by atoms with Gasteiger partial charge < -0.3 is 5.32 Å². The zero-order valence-electron chi connectivity index (χ0n) is 14.8. The molecule has 0 amide bonds. The van der Waals surface area contributed by atoms with Gasteiger partial charge in [-0.3, -0.25) is 4.98 Å². The van der Waals surface area contributed by atoms with Crippen molar-refractivity contribution in [2.45, 2.75) is 24.8 Å². The lowest BCUT2D eigenvalue weighted by molar-refractivity contribution is 0.602. The van der Waals surface area contributed by atoms with Gasteiger partial charge >= 0.3 is 0 Å². The SMILES string of the molecule is CC(C)Nc1c(C#N)cnc2cc(-c3ccc(S(C)(=O)=O)cc3)ccc12. The highest BCUT2D eigenvalue weighted by Gasteiger charge is 2.12. The number of nitrogens with zero attached hydrogens (tertiary/aromatic N) is 2. The Kier molecular flexibility index (Phi) is 4.66. The Labute approximate surface area is 153 Å². The van der Waals surface area contributed by atoms with E-state index in [4.69, 9.17) is 0 Å². The molecule has 0 radical (unpaired) electrons. The third-order valence-corrected chi connectivity index (χ3v) is 5.17. The number of benzene rings is 2. The molecule has 0 fully saturated rings. The van der Waals surface area contributed by atoms with E-state index in [0.717, 1.165) is 27.7 Å². The summed E-state index contributed by atoms with van der Waals surface area (Å²) in [5, 5.41) is 13.5. The smallest absolute Gasteiger partial charge is 0.175 e. The van der Waals surface area contributed by atoms with Crippen molar-refractivity contribution >= 4 is 26.4 Å². The molecule has 0 saturated carbocycles. The molecular formula is C20H19N3O2S. The van der Waals surface area contributed by atoms with E-state index in [2.05, 4.69) is 16.4 Å². The monoisotopic (exact) mass is 365 g/mol. The van der Waals surface area contributed by atoms with Crippen LogP contribution in [0.15, 0.2) is 53.6 Å². The molecule has 1 N–H and O–H groups in total. The molecule has 5 nitrogen and oxygen atoms in total. The van der Waals surface area contributed by atoms with Crippen LogP contribution in [0.25, 0.3) is 22.0 Å². The summed E-state index contributed by atoms with van der Waals surface area (Å²) >= 11 is 0. The molecule has 6 heteroatoms. The summed E-state index contributed by atoms with van der Waals surface area (Å²) < 4.78 is 23.2. The number of nitriles is 1. The second-order valence-electron chi connectivity index (χ2n) is 6.49. The average molecular weight is 365 g/mol. The van der Waals surface area contributed by atoms with Gasteiger partial charge in [-0.2, -0.15) is 5.26 Å². The number of nitrogens with one attached hydrogen (secondary N) is 1. The van der Waals surface area contributed by atoms with E-state index < -0.39 is 9.84 Å². The maximum atomic E-state index is 11.6. The van der Waals surface area contributed by atoms with Crippen LogP contribution in [-0.4, -0.2) is 25.7 Å². The minimum Gasteiger partial charge on any atom is -0.381 e. The van der Waals surface area contributed by atoms with Crippen molar-refractivity contribution in [3.8, 4) is 17.2 Å². The molecule has 26 heavy (non-hydrogen) atoms. The first-order chi connectivity index (χ1) is 12.3. The quantitative estimate of drug-likeness (QED) is 0.756. The van der Waals surface area contributed by atoms with Gasteiger partial charge in [0.2, 0.25) is 0 Å². The molecule has 2 aromatic carbocycles. The Morgan fingerprint density at radius 3 is 2.31 bits per heavy atom. The van der Waals surface area contributed by atoms with Crippen LogP contribution >= 0.6 is 0 Å². The lowest BCUT2D eigenvalue weighted by Gasteiger charge is -2.14. The molecule has 0 bridgehead atoms. The molecule has 0 aliphatic rings. The number of aromatic nitrogens is 1. The molecule has 132 valence electrons. The predicted molar refractivity (Wildman–Crippen MR) is 104 cm³/mol. The van der Waals surface area contributed by atoms with Crippen molar-refractivity contribution < 1.29 is 8.42 Å². The van der Waals surface area contributed by atoms with Crippen LogP contribution in [0.1, 0.15) is 19.4 Å². The second-order valence-corrected chi connectivity index (χ2v) is 8.50. The fraction of sp³-hybridized carbons (Fsp3) is 0.200. The van der Waals surface area contributed by atoms with Crippen LogP contribution in [0.5, 0.6) is 0 Å². The zero-order valence-corrected chi connectivity index (χ0v) is 15.6. The number of rotatable bonds is 4. The molecule has 1 heterocycles. The van der Waals surface area contributed by atoms with Crippen LogP contribution in [0.3, 0.4) is 0 Å². The molecule has 0 atom stereocenters. The molecule has 1 aromatic heterocycles. The number of sulfone groups is 1. The van der Waals surface area contributed by atoms with Gasteiger partial charge in [-0.25, -0.2) is 8.42 Å². The summed E-state index contributed by atoms with van der Waals surface area (Å²) in [6.07, 6.45) is 2.77. The largest absolute Gasteiger partial charge is 0.381 e. The maximum Gasteiger partial charge on any atom is 0.175 e. The third-order valence-electron chi connectivity index (χ3n) is 4.04. The molecule has 3 aromatic rings. The van der Waals surface area contributed by atoms with E-state index >= 15 is 0 Å². The summed E-state index contributed by atoms with van der Waals surface area (Å²) in [5.74, 6) is 0. The highest BCUT2D eigenvalue weighted by molar-refractivity contribution is 7.90. The number of hydrogen-bond acceptors (Lipinski definition) is 5. The molecule has 0 saturated heterocycles. The third kappa shape index (κ3) is 3.53. The van der Waals surface area contributed by atoms with Gasteiger partial charge in [-0.1, -0.05) is 24.3 Å². The van der Waals surface area contributed by atoms with Crippen molar-refractivity contribution in [1.82, 2.24) is 4.98 Å². The Balaban J connectivity index is 2.09. The maximum absolute atomic E-state index is 11.6. The molecule has 0 aliphatic heterocycles. The van der Waals surface area contributed by atoms with Gasteiger partial charge in [0.1, 0.15) is 6.07 Å². The molecule has 0 aliphatic carbocycles. The van der Waals surface area contributed by atoms with E-state index in [0.29, 0.717) is 10.5 Å². The molecule has 3 rings (SSSR count). The zero-order chi connectivity index (χ0) is 18.9. The van der Waals surface area contributed by atoms with Crippen LogP contribution in [0, 0.1) is 11.3 Å². The van der Waals surface area contributed by atoms with Crippen LogP contribution < -0.4 is 5.32 Å². The first-order valence-electron chi connectivity index (χ1n) is 8.19.